The summed E-state index contributed by atoms with van der Waals surface area (Å²) >= 11 is 0. The zero-order chi connectivity index (χ0) is 20.5. The van der Waals surface area contributed by atoms with Crippen molar-refractivity contribution in [1.29, 1.82) is 0 Å². The quantitative estimate of drug-likeness (QED) is 0.670. The molecule has 0 unspecified atom stereocenters. The lowest BCUT2D eigenvalue weighted by Crippen LogP contribution is -2.36. The summed E-state index contributed by atoms with van der Waals surface area (Å²) in [4.78, 5) is 13.9. The number of allylic oxidation sites excluding steroid dienone is 1. The number of ether oxygens (including phenoxy) is 1. The van der Waals surface area contributed by atoms with Crippen LogP contribution in [0, 0.1) is 0 Å². The Morgan fingerprint density at radius 1 is 1.07 bits per heavy atom. The van der Waals surface area contributed by atoms with E-state index < -0.39 is 0 Å². The number of anilines is 1. The van der Waals surface area contributed by atoms with E-state index in [-0.39, 0.29) is 0 Å². The van der Waals surface area contributed by atoms with Crippen molar-refractivity contribution in [2.75, 3.05) is 38.3 Å². The molecule has 0 bridgehead atoms. The molecule has 1 fully saturated rings. The molecule has 2 aliphatic rings. The molecule has 2 aliphatic heterocycles. The Balaban J connectivity index is 1.63. The molecular weight excluding hydrogens is 374 g/mol. The first-order valence-electron chi connectivity index (χ1n) is 10.2. The summed E-state index contributed by atoms with van der Waals surface area (Å²) in [6.45, 7) is 8.10. The van der Waals surface area contributed by atoms with Crippen LogP contribution in [0.5, 0.6) is 0 Å². The van der Waals surface area contributed by atoms with Gasteiger partial charge in [-0.3, -0.25) is 0 Å². The summed E-state index contributed by atoms with van der Waals surface area (Å²) in [6, 6.07) is 17.0. The Hall–Kier alpha value is -3.38. The van der Waals surface area contributed by atoms with Crippen LogP contribution < -0.4 is 4.90 Å². The van der Waals surface area contributed by atoms with E-state index >= 15 is 0 Å². The summed E-state index contributed by atoms with van der Waals surface area (Å²) in [5, 5.41) is 0. The molecule has 3 heterocycles. The van der Waals surface area contributed by atoms with Crippen LogP contribution in [0.4, 0.5) is 5.69 Å². The molecule has 5 rings (SSSR count). The first-order valence-corrected chi connectivity index (χ1v) is 10.2. The molecule has 0 amide bonds. The highest BCUT2D eigenvalue weighted by Crippen LogP contribution is 2.29. The van der Waals surface area contributed by atoms with Crippen LogP contribution in [0.1, 0.15) is 11.4 Å². The second-order valence-corrected chi connectivity index (χ2v) is 7.65. The largest absolute Gasteiger partial charge is 0.378 e. The Morgan fingerprint density at radius 2 is 1.87 bits per heavy atom. The van der Waals surface area contributed by atoms with Crippen molar-refractivity contribution in [3.63, 3.8) is 0 Å². The van der Waals surface area contributed by atoms with Gasteiger partial charge in [0.1, 0.15) is 5.70 Å². The fourth-order valence-corrected chi connectivity index (χ4v) is 3.90. The molecule has 0 radical (unpaired) electrons. The van der Waals surface area contributed by atoms with E-state index in [2.05, 4.69) is 63.5 Å². The number of benzene rings is 2. The summed E-state index contributed by atoms with van der Waals surface area (Å²) in [6.07, 6.45) is 3.79. The van der Waals surface area contributed by atoms with Crippen molar-refractivity contribution in [2.24, 2.45) is 4.99 Å². The molecule has 2 aromatic carbocycles. The number of fused-ring (bicyclic) bond motifs is 1. The molecule has 152 valence electrons. The first kappa shape index (κ1) is 18.6. The molecule has 0 saturated carbocycles. The number of rotatable bonds is 4. The minimum atomic E-state index is 0.733. The van der Waals surface area contributed by atoms with Gasteiger partial charge in [-0.15, -0.1) is 0 Å². The van der Waals surface area contributed by atoms with Crippen LogP contribution in [-0.2, 0) is 11.3 Å². The molecule has 1 aromatic heterocycles. The average Bonchev–Trinajstić information content (AvgIpc) is 3.14. The molecule has 0 spiro atoms. The Labute approximate surface area is 176 Å². The SMILES string of the molecule is C=C1C=NC(c2nc3ccc(N4CCOCC4)cc3n2Cc2ccccc2)=CN1C. The third-order valence-corrected chi connectivity index (χ3v) is 5.64. The van der Waals surface area contributed by atoms with Crippen molar-refractivity contribution < 1.29 is 4.74 Å². The second-order valence-electron chi connectivity index (χ2n) is 7.65. The van der Waals surface area contributed by atoms with Gasteiger partial charge in [0.15, 0.2) is 5.82 Å². The summed E-state index contributed by atoms with van der Waals surface area (Å²) in [5.41, 5.74) is 6.22. The molecule has 0 atom stereocenters. The number of aliphatic imine (C=N–C) groups is 1. The van der Waals surface area contributed by atoms with E-state index in [1.165, 1.54) is 11.3 Å². The topological polar surface area (TPSA) is 45.9 Å². The maximum Gasteiger partial charge on any atom is 0.161 e. The smallest absolute Gasteiger partial charge is 0.161 e. The molecule has 0 N–H and O–H groups in total. The summed E-state index contributed by atoms with van der Waals surface area (Å²) in [7, 11) is 1.98. The molecule has 1 saturated heterocycles. The number of morpholine rings is 1. The van der Waals surface area contributed by atoms with E-state index in [4.69, 9.17) is 9.72 Å². The number of imidazole rings is 1. The van der Waals surface area contributed by atoms with Crippen LogP contribution in [-0.4, -0.2) is 54.0 Å². The Morgan fingerprint density at radius 3 is 2.63 bits per heavy atom. The highest BCUT2D eigenvalue weighted by Gasteiger charge is 2.19. The molecule has 30 heavy (non-hydrogen) atoms. The van der Waals surface area contributed by atoms with E-state index in [0.717, 1.165) is 61.1 Å². The highest BCUT2D eigenvalue weighted by atomic mass is 16.5. The molecule has 3 aromatic rings. The number of hydrogen-bond donors (Lipinski definition) is 0. The number of hydrogen-bond acceptors (Lipinski definition) is 5. The van der Waals surface area contributed by atoms with E-state index in [9.17, 15) is 0 Å². The normalized spacial score (nSPS) is 17.0. The predicted octanol–water partition coefficient (Wildman–Crippen LogP) is 3.75. The highest BCUT2D eigenvalue weighted by molar-refractivity contribution is 5.88. The fraction of sp³-hybridized carbons (Fsp3) is 0.250. The lowest BCUT2D eigenvalue weighted by molar-refractivity contribution is 0.122. The van der Waals surface area contributed by atoms with Gasteiger partial charge in [-0.05, 0) is 23.8 Å². The van der Waals surface area contributed by atoms with E-state index in [0.29, 0.717) is 0 Å². The van der Waals surface area contributed by atoms with Crippen molar-refractivity contribution in [3.05, 3.63) is 78.4 Å². The Kier molecular flexibility index (Phi) is 4.85. The third-order valence-electron chi connectivity index (χ3n) is 5.64. The number of aromatic nitrogens is 2. The standard InChI is InChI=1S/C24H25N5O/c1-18-15-25-22(17-27(18)2)24-26-21-9-8-20(28-10-12-30-13-11-28)14-23(21)29(24)16-19-6-4-3-5-7-19/h3-9,14-15,17H,1,10-13,16H2,2H3. The van der Waals surface area contributed by atoms with Gasteiger partial charge in [-0.1, -0.05) is 36.9 Å². The van der Waals surface area contributed by atoms with E-state index in [1.807, 2.05) is 24.2 Å². The lowest BCUT2D eigenvalue weighted by Gasteiger charge is -2.28. The van der Waals surface area contributed by atoms with Crippen LogP contribution in [0.15, 0.2) is 72.0 Å². The van der Waals surface area contributed by atoms with Gasteiger partial charge < -0.3 is 19.1 Å². The second kappa shape index (κ2) is 7.80. The Bertz CT molecular complexity index is 1140. The fourth-order valence-electron chi connectivity index (χ4n) is 3.90. The lowest BCUT2D eigenvalue weighted by atomic mass is 10.2. The average molecular weight is 399 g/mol. The van der Waals surface area contributed by atoms with Gasteiger partial charge >= 0.3 is 0 Å². The van der Waals surface area contributed by atoms with Gasteiger partial charge in [0, 0.05) is 38.6 Å². The summed E-state index contributed by atoms with van der Waals surface area (Å²) < 4.78 is 7.78. The van der Waals surface area contributed by atoms with Crippen molar-refractivity contribution in [2.45, 2.75) is 6.54 Å². The zero-order valence-electron chi connectivity index (χ0n) is 17.2. The van der Waals surface area contributed by atoms with Crippen LogP contribution in [0.2, 0.25) is 0 Å². The summed E-state index contributed by atoms with van der Waals surface area (Å²) in [5.74, 6) is 0.864. The monoisotopic (exact) mass is 399 g/mol. The van der Waals surface area contributed by atoms with Crippen LogP contribution in [0.3, 0.4) is 0 Å². The number of nitrogens with zero attached hydrogens (tertiary/aromatic N) is 5. The predicted molar refractivity (Wildman–Crippen MR) is 122 cm³/mol. The third kappa shape index (κ3) is 3.50. The van der Waals surface area contributed by atoms with Gasteiger partial charge in [0.05, 0.1) is 36.2 Å². The van der Waals surface area contributed by atoms with Gasteiger partial charge in [0.2, 0.25) is 0 Å². The van der Waals surface area contributed by atoms with E-state index in [1.54, 1.807) is 6.21 Å². The molecule has 0 aliphatic carbocycles. The van der Waals surface area contributed by atoms with Gasteiger partial charge in [-0.2, -0.15) is 0 Å². The van der Waals surface area contributed by atoms with Crippen molar-refractivity contribution in [1.82, 2.24) is 14.5 Å². The molecule has 6 nitrogen and oxygen atoms in total. The minimum Gasteiger partial charge on any atom is -0.378 e. The molecular formula is C24H25N5O. The van der Waals surface area contributed by atoms with Crippen molar-refractivity contribution in [3.8, 4) is 0 Å². The maximum atomic E-state index is 5.52. The zero-order valence-corrected chi connectivity index (χ0v) is 17.2. The van der Waals surface area contributed by atoms with Gasteiger partial charge in [0.25, 0.3) is 0 Å². The van der Waals surface area contributed by atoms with Crippen LogP contribution in [0.25, 0.3) is 16.7 Å². The minimum absolute atomic E-state index is 0.733. The first-order chi connectivity index (χ1) is 14.7. The van der Waals surface area contributed by atoms with Crippen molar-refractivity contribution >= 4 is 28.6 Å². The van der Waals surface area contributed by atoms with Gasteiger partial charge in [-0.25, -0.2) is 9.98 Å². The van der Waals surface area contributed by atoms with Crippen LogP contribution >= 0.6 is 0 Å². The maximum absolute atomic E-state index is 5.52. The molecule has 6 heteroatoms.